The highest BCUT2D eigenvalue weighted by atomic mass is 16.4. The van der Waals surface area contributed by atoms with Crippen LogP contribution in [0.25, 0.3) is 0 Å². The summed E-state index contributed by atoms with van der Waals surface area (Å²) >= 11 is 0. The fourth-order valence-electron chi connectivity index (χ4n) is 2.49. The van der Waals surface area contributed by atoms with Crippen molar-refractivity contribution in [2.45, 2.75) is 13.1 Å². The number of carboxylic acids is 1. The fraction of sp³-hybridized carbons (Fsp3) is 0.125. The molecule has 1 amide bonds. The molecule has 3 rings (SSSR count). The summed E-state index contributed by atoms with van der Waals surface area (Å²) in [6.45, 7) is 0.828. The molecule has 106 valence electrons. The maximum atomic E-state index is 12.4. The normalized spacial score (nSPS) is 13.0. The van der Waals surface area contributed by atoms with Gasteiger partial charge in [0.05, 0.1) is 5.56 Å². The minimum Gasteiger partial charge on any atom is -0.508 e. The molecule has 0 unspecified atom stereocenters. The summed E-state index contributed by atoms with van der Waals surface area (Å²) < 4.78 is 0. The number of fused-ring (bicyclic) bond motifs is 1. The van der Waals surface area contributed by atoms with Gasteiger partial charge in [-0.15, -0.1) is 0 Å². The zero-order valence-corrected chi connectivity index (χ0v) is 11.1. The Kier molecular flexibility index (Phi) is 3.10. The molecule has 0 aromatic heterocycles. The number of phenols is 1. The SMILES string of the molecule is O=C(O)c1ccc2c(c1)CN(C(=O)c1cccc(O)c1)C2. The van der Waals surface area contributed by atoms with Gasteiger partial charge in [-0.2, -0.15) is 0 Å². The van der Waals surface area contributed by atoms with Crippen molar-refractivity contribution >= 4 is 11.9 Å². The average molecular weight is 283 g/mol. The van der Waals surface area contributed by atoms with Gasteiger partial charge < -0.3 is 15.1 Å². The van der Waals surface area contributed by atoms with Crippen LogP contribution in [-0.4, -0.2) is 27.0 Å². The molecule has 0 aliphatic carbocycles. The first kappa shape index (κ1) is 13.2. The first-order valence-corrected chi connectivity index (χ1v) is 6.48. The Bertz CT molecular complexity index is 739. The van der Waals surface area contributed by atoms with E-state index in [1.165, 1.54) is 12.1 Å². The second-order valence-electron chi connectivity index (χ2n) is 5.00. The van der Waals surface area contributed by atoms with Crippen molar-refractivity contribution in [1.29, 1.82) is 0 Å². The molecule has 2 N–H and O–H groups in total. The first-order valence-electron chi connectivity index (χ1n) is 6.48. The molecule has 0 saturated heterocycles. The molecule has 0 fully saturated rings. The number of amides is 1. The number of carboxylic acid groups (broad SMARTS) is 1. The number of nitrogens with zero attached hydrogens (tertiary/aromatic N) is 1. The highest BCUT2D eigenvalue weighted by Crippen LogP contribution is 2.26. The second-order valence-corrected chi connectivity index (χ2v) is 5.00. The van der Waals surface area contributed by atoms with E-state index in [2.05, 4.69) is 0 Å². The third-order valence-corrected chi connectivity index (χ3v) is 3.56. The third-order valence-electron chi connectivity index (χ3n) is 3.56. The summed E-state index contributed by atoms with van der Waals surface area (Å²) in [4.78, 5) is 25.0. The van der Waals surface area contributed by atoms with E-state index in [4.69, 9.17) is 5.11 Å². The monoisotopic (exact) mass is 283 g/mol. The van der Waals surface area contributed by atoms with Crippen LogP contribution in [0, 0.1) is 0 Å². The number of aromatic hydroxyl groups is 1. The highest BCUT2D eigenvalue weighted by Gasteiger charge is 2.25. The van der Waals surface area contributed by atoms with Gasteiger partial charge in [-0.3, -0.25) is 4.79 Å². The van der Waals surface area contributed by atoms with Crippen LogP contribution >= 0.6 is 0 Å². The van der Waals surface area contributed by atoms with Crippen molar-refractivity contribution in [2.24, 2.45) is 0 Å². The van der Waals surface area contributed by atoms with Gasteiger partial charge in [-0.1, -0.05) is 12.1 Å². The van der Waals surface area contributed by atoms with Crippen molar-refractivity contribution in [1.82, 2.24) is 4.90 Å². The second kappa shape index (κ2) is 4.94. The van der Waals surface area contributed by atoms with Crippen LogP contribution in [0.5, 0.6) is 5.75 Å². The molecule has 5 nitrogen and oxygen atoms in total. The molecule has 21 heavy (non-hydrogen) atoms. The van der Waals surface area contributed by atoms with Crippen LogP contribution in [0.2, 0.25) is 0 Å². The van der Waals surface area contributed by atoms with Gasteiger partial charge in [0.2, 0.25) is 0 Å². The number of aromatic carboxylic acids is 1. The van der Waals surface area contributed by atoms with Gasteiger partial charge in [-0.25, -0.2) is 4.79 Å². The first-order chi connectivity index (χ1) is 10.0. The fourth-order valence-corrected chi connectivity index (χ4v) is 2.49. The Morgan fingerprint density at radius 3 is 2.43 bits per heavy atom. The van der Waals surface area contributed by atoms with Gasteiger partial charge in [-0.05, 0) is 41.5 Å². The molecular formula is C16H13NO4. The lowest BCUT2D eigenvalue weighted by Crippen LogP contribution is -2.25. The van der Waals surface area contributed by atoms with E-state index >= 15 is 0 Å². The summed E-state index contributed by atoms with van der Waals surface area (Å²) in [5.41, 5.74) is 2.44. The van der Waals surface area contributed by atoms with Gasteiger partial charge >= 0.3 is 5.97 Å². The van der Waals surface area contributed by atoms with E-state index in [0.717, 1.165) is 11.1 Å². The Labute approximate surface area is 121 Å². The Morgan fingerprint density at radius 1 is 0.952 bits per heavy atom. The standard InChI is InChI=1S/C16H13NO4/c18-14-3-1-2-10(7-14)15(19)17-8-12-5-4-11(16(20)21)6-13(12)9-17/h1-7,18H,8-9H2,(H,20,21). The molecule has 1 aliphatic heterocycles. The zero-order valence-electron chi connectivity index (χ0n) is 11.1. The lowest BCUT2D eigenvalue weighted by molar-refractivity contribution is 0.0696. The summed E-state index contributed by atoms with van der Waals surface area (Å²) in [5.74, 6) is -1.11. The van der Waals surface area contributed by atoms with Crippen molar-refractivity contribution in [2.75, 3.05) is 0 Å². The minimum absolute atomic E-state index is 0.0470. The van der Waals surface area contributed by atoms with Crippen LogP contribution < -0.4 is 0 Å². The van der Waals surface area contributed by atoms with E-state index < -0.39 is 5.97 Å². The number of hydrogen-bond acceptors (Lipinski definition) is 3. The highest BCUT2D eigenvalue weighted by molar-refractivity contribution is 5.95. The van der Waals surface area contributed by atoms with Gasteiger partial charge in [0.15, 0.2) is 0 Å². The van der Waals surface area contributed by atoms with E-state index in [9.17, 15) is 14.7 Å². The summed E-state index contributed by atoms with van der Waals surface area (Å²) in [6.07, 6.45) is 0. The third kappa shape index (κ3) is 2.45. The number of carbonyl (C=O) groups is 2. The quantitative estimate of drug-likeness (QED) is 0.886. The van der Waals surface area contributed by atoms with Crippen LogP contribution in [0.4, 0.5) is 0 Å². The molecule has 1 heterocycles. The maximum absolute atomic E-state index is 12.4. The molecule has 0 bridgehead atoms. The van der Waals surface area contributed by atoms with Crippen molar-refractivity contribution in [3.05, 3.63) is 64.7 Å². The van der Waals surface area contributed by atoms with Crippen molar-refractivity contribution < 1.29 is 19.8 Å². The van der Waals surface area contributed by atoms with E-state index in [1.807, 2.05) is 0 Å². The Morgan fingerprint density at radius 2 is 1.71 bits per heavy atom. The van der Waals surface area contributed by atoms with Crippen molar-refractivity contribution in [3.8, 4) is 5.75 Å². The van der Waals surface area contributed by atoms with E-state index in [0.29, 0.717) is 18.7 Å². The Hall–Kier alpha value is -2.82. The number of rotatable bonds is 2. The van der Waals surface area contributed by atoms with Crippen LogP contribution in [0.3, 0.4) is 0 Å². The number of phenolic OH excluding ortho intramolecular Hbond substituents is 1. The molecule has 0 atom stereocenters. The maximum Gasteiger partial charge on any atom is 0.335 e. The largest absolute Gasteiger partial charge is 0.508 e. The predicted octanol–water partition coefficient (Wildman–Crippen LogP) is 2.25. The van der Waals surface area contributed by atoms with Crippen LogP contribution in [-0.2, 0) is 13.1 Å². The van der Waals surface area contributed by atoms with Crippen LogP contribution in [0.1, 0.15) is 31.8 Å². The minimum atomic E-state index is -0.976. The molecule has 1 aliphatic rings. The number of carbonyl (C=O) groups excluding carboxylic acids is 1. The molecule has 2 aromatic carbocycles. The Balaban J connectivity index is 1.84. The lowest BCUT2D eigenvalue weighted by Gasteiger charge is -2.15. The smallest absolute Gasteiger partial charge is 0.335 e. The van der Waals surface area contributed by atoms with Gasteiger partial charge in [0, 0.05) is 18.7 Å². The molecule has 0 saturated carbocycles. The number of benzene rings is 2. The molecular weight excluding hydrogens is 270 g/mol. The van der Waals surface area contributed by atoms with Crippen LogP contribution in [0.15, 0.2) is 42.5 Å². The summed E-state index contributed by atoms with van der Waals surface area (Å²) in [5, 5.41) is 18.4. The zero-order chi connectivity index (χ0) is 15.0. The molecule has 2 aromatic rings. The summed E-state index contributed by atoms with van der Waals surface area (Å²) in [7, 11) is 0. The molecule has 0 radical (unpaired) electrons. The average Bonchev–Trinajstić information content (AvgIpc) is 2.89. The van der Waals surface area contributed by atoms with E-state index in [1.54, 1.807) is 35.2 Å². The van der Waals surface area contributed by atoms with Gasteiger partial charge in [0.1, 0.15) is 5.75 Å². The molecule has 0 spiro atoms. The van der Waals surface area contributed by atoms with E-state index in [-0.39, 0.29) is 17.2 Å². The summed E-state index contributed by atoms with van der Waals surface area (Å²) in [6, 6.07) is 11.1. The predicted molar refractivity (Wildman–Crippen MR) is 75.1 cm³/mol. The topological polar surface area (TPSA) is 77.8 Å². The lowest BCUT2D eigenvalue weighted by atomic mass is 10.1. The molecule has 5 heteroatoms. The number of hydrogen-bond donors (Lipinski definition) is 2. The van der Waals surface area contributed by atoms with Gasteiger partial charge in [0.25, 0.3) is 5.91 Å². The van der Waals surface area contributed by atoms with Crippen molar-refractivity contribution in [3.63, 3.8) is 0 Å².